The number of ether oxygens (including phenoxy) is 2. The van der Waals surface area contributed by atoms with Crippen LogP contribution in [0.15, 0.2) is 68.5 Å². The number of nitrogens with zero attached hydrogens (tertiary/aromatic N) is 3. The van der Waals surface area contributed by atoms with Gasteiger partial charge in [0, 0.05) is 21.0 Å². The van der Waals surface area contributed by atoms with Gasteiger partial charge in [-0.1, -0.05) is 28.1 Å². The highest BCUT2D eigenvalue weighted by Gasteiger charge is 2.18. The lowest BCUT2D eigenvalue weighted by Crippen LogP contribution is -2.25. The van der Waals surface area contributed by atoms with E-state index >= 15 is 0 Å². The van der Waals surface area contributed by atoms with Crippen molar-refractivity contribution in [2.75, 3.05) is 25.6 Å². The van der Waals surface area contributed by atoms with Crippen molar-refractivity contribution in [2.45, 2.75) is 6.92 Å². The smallest absolute Gasteiger partial charge is 0.262 e. The number of carbonyl (C=O) groups is 1. The molecule has 1 N–H and O–H groups in total. The first-order valence-corrected chi connectivity index (χ1v) is 11.4. The Morgan fingerprint density at radius 3 is 3.00 bits per heavy atom. The second-order valence-corrected chi connectivity index (χ2v) is 8.92. The third kappa shape index (κ3) is 4.84. The highest BCUT2D eigenvalue weighted by atomic mass is 79.9. The number of hydrogen-bond acceptors (Lipinski definition) is 6. The van der Waals surface area contributed by atoms with Gasteiger partial charge in [-0.05, 0) is 43.3 Å². The van der Waals surface area contributed by atoms with Gasteiger partial charge in [0.1, 0.15) is 11.5 Å². The minimum Gasteiger partial charge on any atom is -0.496 e. The quantitative estimate of drug-likeness (QED) is 0.384. The van der Waals surface area contributed by atoms with Gasteiger partial charge in [0.25, 0.3) is 5.91 Å². The van der Waals surface area contributed by atoms with E-state index in [1.807, 2.05) is 48.7 Å². The zero-order valence-electron chi connectivity index (χ0n) is 17.6. The molecule has 0 atom stereocenters. The maximum atomic E-state index is 11.7. The number of halogens is 1. The van der Waals surface area contributed by atoms with E-state index in [0.29, 0.717) is 23.7 Å². The van der Waals surface area contributed by atoms with Gasteiger partial charge in [-0.25, -0.2) is 4.68 Å². The van der Waals surface area contributed by atoms with E-state index in [2.05, 4.69) is 32.8 Å². The van der Waals surface area contributed by atoms with E-state index < -0.39 is 0 Å². The summed E-state index contributed by atoms with van der Waals surface area (Å²) in [7, 11) is 1.63. The van der Waals surface area contributed by atoms with E-state index in [-0.39, 0.29) is 12.5 Å². The van der Waals surface area contributed by atoms with Crippen LogP contribution in [0.1, 0.15) is 12.5 Å². The number of hydrogen-bond donors (Lipinski definition) is 1. The number of benzene rings is 2. The fourth-order valence-electron chi connectivity index (χ4n) is 3.09. The predicted octanol–water partition coefficient (Wildman–Crippen LogP) is 4.68. The van der Waals surface area contributed by atoms with Crippen LogP contribution in [0, 0.1) is 0 Å². The first-order valence-electron chi connectivity index (χ1n) is 9.75. The molecular weight excluding hydrogens is 492 g/mol. The molecule has 0 bridgehead atoms. The average molecular weight is 513 g/mol. The molecule has 3 aromatic rings. The van der Waals surface area contributed by atoms with E-state index in [0.717, 1.165) is 31.7 Å². The Kier molecular flexibility index (Phi) is 6.57. The number of fused-ring (bicyclic) bond motifs is 1. The van der Waals surface area contributed by atoms with Crippen molar-refractivity contribution in [1.82, 2.24) is 4.68 Å². The van der Waals surface area contributed by atoms with Gasteiger partial charge in [-0.2, -0.15) is 5.10 Å². The van der Waals surface area contributed by atoms with Crippen LogP contribution in [-0.4, -0.2) is 37.1 Å². The number of thiazole rings is 1. The SMILES string of the molecule is C=C(C)CN=c1scc(-c2ccc3c(c2)NC(=O)CO3)n1N=Cc1cc(Br)ccc1OC. The minimum absolute atomic E-state index is 0.0213. The van der Waals surface area contributed by atoms with Crippen molar-refractivity contribution in [3.8, 4) is 22.8 Å². The Bertz CT molecular complexity index is 1290. The van der Waals surface area contributed by atoms with Crippen molar-refractivity contribution in [2.24, 2.45) is 10.1 Å². The Morgan fingerprint density at radius 1 is 1.38 bits per heavy atom. The summed E-state index contributed by atoms with van der Waals surface area (Å²) in [6.07, 6.45) is 1.74. The molecule has 0 saturated heterocycles. The highest BCUT2D eigenvalue weighted by Crippen LogP contribution is 2.33. The molecule has 0 unspecified atom stereocenters. The molecular formula is C23H21BrN4O3S. The van der Waals surface area contributed by atoms with Crippen LogP contribution in [0.4, 0.5) is 5.69 Å². The van der Waals surface area contributed by atoms with Crippen LogP contribution >= 0.6 is 27.3 Å². The Hall–Kier alpha value is -3.17. The van der Waals surface area contributed by atoms with E-state index in [9.17, 15) is 4.79 Å². The molecule has 0 fully saturated rings. The molecule has 2 heterocycles. The van der Waals surface area contributed by atoms with Crippen LogP contribution < -0.4 is 19.6 Å². The topological polar surface area (TPSA) is 77.2 Å². The molecule has 1 aromatic heterocycles. The Labute approximate surface area is 197 Å². The van der Waals surface area contributed by atoms with Gasteiger partial charge in [0.05, 0.1) is 31.3 Å². The summed E-state index contributed by atoms with van der Waals surface area (Å²) in [6.45, 7) is 6.39. The number of carbonyl (C=O) groups excluding carboxylic acids is 1. The fraction of sp³-hybridized carbons (Fsp3) is 0.174. The molecule has 9 heteroatoms. The molecule has 0 saturated carbocycles. The molecule has 32 heavy (non-hydrogen) atoms. The van der Waals surface area contributed by atoms with Crippen molar-refractivity contribution >= 4 is 45.1 Å². The maximum Gasteiger partial charge on any atom is 0.262 e. The second kappa shape index (κ2) is 9.54. The summed E-state index contributed by atoms with van der Waals surface area (Å²) < 4.78 is 13.6. The van der Waals surface area contributed by atoms with Gasteiger partial charge in [-0.3, -0.25) is 9.79 Å². The fourth-order valence-corrected chi connectivity index (χ4v) is 4.30. The molecule has 4 rings (SSSR count). The van der Waals surface area contributed by atoms with Gasteiger partial charge < -0.3 is 14.8 Å². The molecule has 2 aromatic carbocycles. The van der Waals surface area contributed by atoms with E-state index in [1.54, 1.807) is 18.0 Å². The number of amides is 1. The average Bonchev–Trinajstić information content (AvgIpc) is 3.18. The number of nitrogens with one attached hydrogen (secondary N) is 1. The summed E-state index contributed by atoms with van der Waals surface area (Å²) in [4.78, 5) is 17.1. The molecule has 7 nitrogen and oxygen atoms in total. The zero-order valence-corrected chi connectivity index (χ0v) is 20.0. The number of anilines is 1. The van der Waals surface area contributed by atoms with Gasteiger partial charge in [0.2, 0.25) is 4.80 Å². The Morgan fingerprint density at radius 2 is 2.22 bits per heavy atom. The highest BCUT2D eigenvalue weighted by molar-refractivity contribution is 9.10. The molecule has 0 radical (unpaired) electrons. The molecule has 1 aliphatic heterocycles. The number of methoxy groups -OCH3 is 1. The second-order valence-electron chi connectivity index (χ2n) is 7.17. The normalized spacial score (nSPS) is 13.6. The first-order chi connectivity index (χ1) is 15.4. The van der Waals surface area contributed by atoms with Crippen LogP contribution in [0.2, 0.25) is 0 Å². The monoisotopic (exact) mass is 512 g/mol. The van der Waals surface area contributed by atoms with Gasteiger partial charge in [-0.15, -0.1) is 11.3 Å². The molecule has 164 valence electrons. The van der Waals surface area contributed by atoms with Crippen molar-refractivity contribution < 1.29 is 14.3 Å². The maximum absolute atomic E-state index is 11.7. The lowest BCUT2D eigenvalue weighted by atomic mass is 10.1. The predicted molar refractivity (Wildman–Crippen MR) is 131 cm³/mol. The van der Waals surface area contributed by atoms with Crippen LogP contribution in [0.5, 0.6) is 11.5 Å². The zero-order chi connectivity index (χ0) is 22.7. The third-order valence-electron chi connectivity index (χ3n) is 4.58. The third-order valence-corrected chi connectivity index (χ3v) is 5.93. The standard InChI is InChI=1S/C23H21BrN4O3S/c1-14(2)10-25-23-28(26-11-16-8-17(24)5-7-20(16)30-3)19(13-32-23)15-4-6-21-18(9-15)27-22(29)12-31-21/h4-9,11,13H,1,10,12H2,2-3H3,(H,27,29). The summed E-state index contributed by atoms with van der Waals surface area (Å²) in [5, 5.41) is 9.56. The largest absolute Gasteiger partial charge is 0.496 e. The van der Waals surface area contributed by atoms with Crippen molar-refractivity contribution in [1.29, 1.82) is 0 Å². The molecule has 1 aliphatic rings. The van der Waals surface area contributed by atoms with E-state index in [1.165, 1.54) is 11.3 Å². The van der Waals surface area contributed by atoms with Gasteiger partial charge in [0.15, 0.2) is 6.61 Å². The summed E-state index contributed by atoms with van der Waals surface area (Å²) in [5.41, 5.74) is 4.13. The van der Waals surface area contributed by atoms with E-state index in [4.69, 9.17) is 14.6 Å². The van der Waals surface area contributed by atoms with Crippen molar-refractivity contribution in [3.05, 3.63) is 68.8 Å². The lowest BCUT2D eigenvalue weighted by Gasteiger charge is -2.18. The summed E-state index contributed by atoms with van der Waals surface area (Å²) in [6, 6.07) is 11.4. The number of aromatic nitrogens is 1. The molecule has 1 amide bonds. The first kappa shape index (κ1) is 22.0. The Balaban J connectivity index is 1.81. The molecule has 0 spiro atoms. The van der Waals surface area contributed by atoms with Crippen LogP contribution in [0.25, 0.3) is 11.3 Å². The van der Waals surface area contributed by atoms with Crippen LogP contribution in [-0.2, 0) is 4.79 Å². The summed E-state index contributed by atoms with van der Waals surface area (Å²) in [5.74, 6) is 1.18. The van der Waals surface area contributed by atoms with Crippen molar-refractivity contribution in [3.63, 3.8) is 0 Å². The molecule has 0 aliphatic carbocycles. The number of rotatable bonds is 6. The summed E-state index contributed by atoms with van der Waals surface area (Å²) >= 11 is 4.98. The van der Waals surface area contributed by atoms with Crippen LogP contribution in [0.3, 0.4) is 0 Å². The lowest BCUT2D eigenvalue weighted by molar-refractivity contribution is -0.118. The minimum atomic E-state index is -0.176. The van der Waals surface area contributed by atoms with Gasteiger partial charge >= 0.3 is 0 Å².